The summed E-state index contributed by atoms with van der Waals surface area (Å²) in [5, 5.41) is 14.4. The van der Waals surface area contributed by atoms with Crippen LogP contribution in [0, 0.1) is 5.92 Å². The van der Waals surface area contributed by atoms with E-state index in [1.807, 2.05) is 30.3 Å². The van der Waals surface area contributed by atoms with E-state index in [-0.39, 0.29) is 18.4 Å². The van der Waals surface area contributed by atoms with Gasteiger partial charge in [0.1, 0.15) is 11.4 Å². The average molecular weight is 346 g/mol. The summed E-state index contributed by atoms with van der Waals surface area (Å²) >= 11 is 5.98. The summed E-state index contributed by atoms with van der Waals surface area (Å²) in [6, 6.07) is 14.4. The van der Waals surface area contributed by atoms with Crippen LogP contribution in [0.5, 0.6) is 5.75 Å². The third kappa shape index (κ3) is 3.40. The highest BCUT2D eigenvalue weighted by atomic mass is 35.5. The van der Waals surface area contributed by atoms with Crippen LogP contribution < -0.4 is 10.1 Å². The standard InChI is InChI=1S/C19H20ClNO3/c1-24-17-10-9-15(20)11-16(17)18(22)21-12-19(23,14-7-8-14)13-5-3-2-4-6-13/h2-6,9-11,14,23H,7-8,12H2,1H3,(H,21,22). The van der Waals surface area contributed by atoms with Gasteiger partial charge in [0.15, 0.2) is 0 Å². The predicted octanol–water partition coefficient (Wildman–Crippen LogP) is 3.38. The van der Waals surface area contributed by atoms with Crippen LogP contribution in [0.4, 0.5) is 0 Å². The minimum absolute atomic E-state index is 0.149. The summed E-state index contributed by atoms with van der Waals surface area (Å²) in [5.41, 5.74) is 0.130. The summed E-state index contributed by atoms with van der Waals surface area (Å²) in [7, 11) is 1.50. The zero-order valence-electron chi connectivity index (χ0n) is 13.5. The molecular weight excluding hydrogens is 326 g/mol. The number of ether oxygens (including phenoxy) is 1. The molecule has 126 valence electrons. The summed E-state index contributed by atoms with van der Waals surface area (Å²) in [6.45, 7) is 0.149. The number of rotatable bonds is 6. The number of nitrogens with one attached hydrogen (secondary N) is 1. The van der Waals surface area contributed by atoms with Crippen molar-refractivity contribution in [2.75, 3.05) is 13.7 Å². The lowest BCUT2D eigenvalue weighted by molar-refractivity contribution is 0.0135. The van der Waals surface area contributed by atoms with E-state index in [4.69, 9.17) is 16.3 Å². The smallest absolute Gasteiger partial charge is 0.255 e. The molecule has 2 aromatic carbocycles. The van der Waals surface area contributed by atoms with Gasteiger partial charge in [-0.2, -0.15) is 0 Å². The molecule has 0 spiro atoms. The number of benzene rings is 2. The fraction of sp³-hybridized carbons (Fsp3) is 0.316. The molecule has 1 aliphatic carbocycles. The van der Waals surface area contributed by atoms with Crippen LogP contribution in [-0.4, -0.2) is 24.7 Å². The third-order valence-corrected chi connectivity index (χ3v) is 4.69. The largest absolute Gasteiger partial charge is 0.496 e. The molecule has 2 aromatic rings. The van der Waals surface area contributed by atoms with Crippen molar-refractivity contribution in [2.24, 2.45) is 5.92 Å². The summed E-state index contributed by atoms with van der Waals surface area (Å²) in [5.74, 6) is 0.303. The molecular formula is C19H20ClNO3. The number of carbonyl (C=O) groups is 1. The zero-order valence-corrected chi connectivity index (χ0v) is 14.2. The Bertz CT molecular complexity index is 731. The number of halogens is 1. The lowest BCUT2D eigenvalue weighted by atomic mass is 9.88. The first-order chi connectivity index (χ1) is 11.5. The average Bonchev–Trinajstić information content (AvgIpc) is 3.45. The van der Waals surface area contributed by atoms with Crippen molar-refractivity contribution in [3.8, 4) is 5.75 Å². The van der Waals surface area contributed by atoms with Crippen LogP contribution in [0.3, 0.4) is 0 Å². The van der Waals surface area contributed by atoms with E-state index in [1.165, 1.54) is 7.11 Å². The third-order valence-electron chi connectivity index (χ3n) is 4.45. The quantitative estimate of drug-likeness (QED) is 0.843. The van der Waals surface area contributed by atoms with Gasteiger partial charge in [-0.25, -0.2) is 0 Å². The molecule has 1 amide bonds. The monoisotopic (exact) mass is 345 g/mol. The van der Waals surface area contributed by atoms with Crippen molar-refractivity contribution in [1.29, 1.82) is 0 Å². The van der Waals surface area contributed by atoms with E-state index in [0.717, 1.165) is 18.4 Å². The Morgan fingerprint density at radius 1 is 1.29 bits per heavy atom. The fourth-order valence-corrected chi connectivity index (χ4v) is 3.11. The molecule has 1 fully saturated rings. The molecule has 4 nitrogen and oxygen atoms in total. The van der Waals surface area contributed by atoms with E-state index in [0.29, 0.717) is 16.3 Å². The maximum absolute atomic E-state index is 12.5. The lowest BCUT2D eigenvalue weighted by Gasteiger charge is -2.29. The molecule has 0 saturated heterocycles. The highest BCUT2D eigenvalue weighted by Crippen LogP contribution is 2.45. The van der Waals surface area contributed by atoms with Crippen LogP contribution in [0.15, 0.2) is 48.5 Å². The molecule has 1 unspecified atom stereocenters. The minimum atomic E-state index is -1.05. The molecule has 2 N–H and O–H groups in total. The first-order valence-electron chi connectivity index (χ1n) is 7.94. The highest BCUT2D eigenvalue weighted by molar-refractivity contribution is 6.31. The minimum Gasteiger partial charge on any atom is -0.496 e. The maximum Gasteiger partial charge on any atom is 0.255 e. The van der Waals surface area contributed by atoms with E-state index >= 15 is 0 Å². The van der Waals surface area contributed by atoms with Crippen LogP contribution in [0.25, 0.3) is 0 Å². The van der Waals surface area contributed by atoms with Gasteiger partial charge in [-0.05, 0) is 42.5 Å². The Labute approximate surface area is 146 Å². The van der Waals surface area contributed by atoms with Crippen LogP contribution in [0.1, 0.15) is 28.8 Å². The molecule has 1 aliphatic rings. The second-order valence-corrected chi connectivity index (χ2v) is 6.53. The van der Waals surface area contributed by atoms with Gasteiger partial charge in [-0.3, -0.25) is 4.79 Å². The molecule has 1 atom stereocenters. The number of hydrogen-bond donors (Lipinski definition) is 2. The van der Waals surface area contributed by atoms with Gasteiger partial charge in [-0.15, -0.1) is 0 Å². The number of amides is 1. The van der Waals surface area contributed by atoms with Gasteiger partial charge >= 0.3 is 0 Å². The Balaban J connectivity index is 1.78. The molecule has 0 radical (unpaired) electrons. The Hall–Kier alpha value is -2.04. The van der Waals surface area contributed by atoms with Crippen molar-refractivity contribution in [1.82, 2.24) is 5.32 Å². The summed E-state index contributed by atoms with van der Waals surface area (Å²) in [4.78, 5) is 12.5. The van der Waals surface area contributed by atoms with E-state index < -0.39 is 5.60 Å². The zero-order chi connectivity index (χ0) is 17.2. The number of aliphatic hydroxyl groups is 1. The second-order valence-electron chi connectivity index (χ2n) is 6.09. The SMILES string of the molecule is COc1ccc(Cl)cc1C(=O)NCC(O)(c1ccccc1)C1CC1. The number of methoxy groups -OCH3 is 1. The van der Waals surface area contributed by atoms with Gasteiger partial charge in [0.25, 0.3) is 5.91 Å². The van der Waals surface area contributed by atoms with Crippen molar-refractivity contribution in [3.05, 3.63) is 64.7 Å². The first kappa shape index (κ1) is 16.8. The normalized spacial score (nSPS) is 16.3. The Morgan fingerprint density at radius 3 is 2.62 bits per heavy atom. The fourth-order valence-electron chi connectivity index (χ4n) is 2.94. The van der Waals surface area contributed by atoms with E-state index in [9.17, 15) is 9.90 Å². The number of hydrogen-bond acceptors (Lipinski definition) is 3. The van der Waals surface area contributed by atoms with Gasteiger partial charge in [0.2, 0.25) is 0 Å². The van der Waals surface area contributed by atoms with Gasteiger partial charge in [0, 0.05) is 5.02 Å². The lowest BCUT2D eigenvalue weighted by Crippen LogP contribution is -2.42. The molecule has 3 rings (SSSR count). The predicted molar refractivity (Wildman–Crippen MR) is 93.4 cm³/mol. The second kappa shape index (κ2) is 6.83. The van der Waals surface area contributed by atoms with Crippen molar-refractivity contribution in [3.63, 3.8) is 0 Å². The topological polar surface area (TPSA) is 58.6 Å². The van der Waals surface area contributed by atoms with E-state index in [2.05, 4.69) is 5.32 Å². The molecule has 0 aliphatic heterocycles. The van der Waals surface area contributed by atoms with E-state index in [1.54, 1.807) is 18.2 Å². The van der Waals surface area contributed by atoms with Crippen molar-refractivity contribution in [2.45, 2.75) is 18.4 Å². The summed E-state index contributed by atoms with van der Waals surface area (Å²) in [6.07, 6.45) is 1.92. The molecule has 5 heteroatoms. The van der Waals surface area contributed by atoms with Crippen LogP contribution >= 0.6 is 11.6 Å². The molecule has 24 heavy (non-hydrogen) atoms. The Morgan fingerprint density at radius 2 is 2.00 bits per heavy atom. The number of carbonyl (C=O) groups excluding carboxylic acids is 1. The van der Waals surface area contributed by atoms with Crippen molar-refractivity contribution < 1.29 is 14.6 Å². The summed E-state index contributed by atoms with van der Waals surface area (Å²) < 4.78 is 5.22. The molecule has 0 heterocycles. The van der Waals surface area contributed by atoms with Crippen LogP contribution in [0.2, 0.25) is 5.02 Å². The first-order valence-corrected chi connectivity index (χ1v) is 8.32. The van der Waals surface area contributed by atoms with Gasteiger partial charge in [-0.1, -0.05) is 41.9 Å². The van der Waals surface area contributed by atoms with Crippen LogP contribution in [-0.2, 0) is 5.60 Å². The maximum atomic E-state index is 12.5. The van der Waals surface area contributed by atoms with Gasteiger partial charge in [0.05, 0.1) is 19.2 Å². The van der Waals surface area contributed by atoms with Gasteiger partial charge < -0.3 is 15.2 Å². The highest BCUT2D eigenvalue weighted by Gasteiger charge is 2.45. The molecule has 0 aromatic heterocycles. The van der Waals surface area contributed by atoms with Crippen molar-refractivity contribution >= 4 is 17.5 Å². The molecule has 1 saturated carbocycles. The Kier molecular flexibility index (Phi) is 4.78. The molecule has 0 bridgehead atoms.